The van der Waals surface area contributed by atoms with Crippen LogP contribution in [0.5, 0.6) is 5.75 Å². The third-order valence-corrected chi connectivity index (χ3v) is 4.10. The number of carbonyl (C=O) groups is 2. The van der Waals surface area contributed by atoms with E-state index in [9.17, 15) is 9.59 Å². The fourth-order valence-corrected chi connectivity index (χ4v) is 2.69. The van der Waals surface area contributed by atoms with E-state index in [1.165, 1.54) is 6.20 Å². The number of aromatic amines is 1. The average Bonchev–Trinajstić information content (AvgIpc) is 3.02. The van der Waals surface area contributed by atoms with E-state index in [1.54, 1.807) is 37.4 Å². The Balaban J connectivity index is 1.71. The topological polar surface area (TPSA) is 68.4 Å². The minimum absolute atomic E-state index is 0.0284. The van der Waals surface area contributed by atoms with Crippen molar-refractivity contribution in [2.75, 3.05) is 7.11 Å². The molecule has 0 atom stereocenters. The number of aromatic nitrogens is 1. The first-order chi connectivity index (χ1) is 11.6. The number of H-pyrrole nitrogens is 1. The molecular weight excluding hydrogens is 374 g/mol. The molecule has 122 valence electrons. The molecule has 0 fully saturated rings. The predicted octanol–water partition coefficient (Wildman–Crippen LogP) is 3.87. The average molecular weight is 388 g/mol. The fourth-order valence-electron chi connectivity index (χ4n) is 2.33. The van der Waals surface area contributed by atoms with Crippen molar-refractivity contribution >= 4 is 38.6 Å². The smallest absolute Gasteiger partial charge is 0.380 e. The Hall–Kier alpha value is -2.60. The van der Waals surface area contributed by atoms with Gasteiger partial charge in [0.05, 0.1) is 12.7 Å². The predicted molar refractivity (Wildman–Crippen MR) is 93.1 cm³/mol. The van der Waals surface area contributed by atoms with Crippen molar-refractivity contribution in [2.45, 2.75) is 6.61 Å². The molecule has 5 nitrogen and oxygen atoms in total. The van der Waals surface area contributed by atoms with Crippen molar-refractivity contribution in [3.05, 3.63) is 64.3 Å². The molecule has 1 aromatic heterocycles. The van der Waals surface area contributed by atoms with Gasteiger partial charge in [-0.25, -0.2) is 4.79 Å². The summed E-state index contributed by atoms with van der Waals surface area (Å²) in [5, 5.41) is 0.677. The molecule has 0 unspecified atom stereocenters. The number of benzene rings is 2. The van der Waals surface area contributed by atoms with Crippen molar-refractivity contribution in [3.8, 4) is 5.75 Å². The number of hydrogen-bond acceptors (Lipinski definition) is 4. The number of esters is 1. The van der Waals surface area contributed by atoms with Gasteiger partial charge in [0.25, 0.3) is 5.78 Å². The lowest BCUT2D eigenvalue weighted by molar-refractivity contribution is -0.139. The largest absolute Gasteiger partial charge is 0.497 e. The number of nitrogens with one attached hydrogen (secondary N) is 1. The van der Waals surface area contributed by atoms with Crippen LogP contribution in [0.1, 0.15) is 15.9 Å². The summed E-state index contributed by atoms with van der Waals surface area (Å²) in [6, 6.07) is 12.6. The Kier molecular flexibility index (Phi) is 4.66. The van der Waals surface area contributed by atoms with E-state index in [0.717, 1.165) is 15.6 Å². The van der Waals surface area contributed by atoms with Crippen LogP contribution in [0.3, 0.4) is 0 Å². The van der Waals surface area contributed by atoms with Crippen LogP contribution in [-0.4, -0.2) is 23.8 Å². The van der Waals surface area contributed by atoms with Gasteiger partial charge < -0.3 is 14.5 Å². The van der Waals surface area contributed by atoms with Crippen LogP contribution in [0.25, 0.3) is 10.9 Å². The van der Waals surface area contributed by atoms with E-state index in [4.69, 9.17) is 9.47 Å². The lowest BCUT2D eigenvalue weighted by atomic mass is 10.1. The number of halogens is 1. The third kappa shape index (κ3) is 3.33. The van der Waals surface area contributed by atoms with E-state index < -0.39 is 11.8 Å². The number of ether oxygens (including phenoxy) is 2. The van der Waals surface area contributed by atoms with E-state index in [1.807, 2.05) is 12.1 Å². The molecule has 3 rings (SSSR count). The van der Waals surface area contributed by atoms with Crippen LogP contribution in [0.4, 0.5) is 0 Å². The number of Topliss-reactive ketones (excluding diaryl/α,β-unsaturated/α-hetero) is 1. The van der Waals surface area contributed by atoms with Gasteiger partial charge in [-0.05, 0) is 35.9 Å². The number of methoxy groups -OCH3 is 1. The molecule has 0 radical (unpaired) electrons. The number of rotatable bonds is 5. The van der Waals surface area contributed by atoms with Crippen molar-refractivity contribution in [1.82, 2.24) is 4.98 Å². The minimum Gasteiger partial charge on any atom is -0.497 e. The van der Waals surface area contributed by atoms with Crippen LogP contribution in [0.2, 0.25) is 0 Å². The van der Waals surface area contributed by atoms with E-state index in [-0.39, 0.29) is 6.61 Å². The normalized spacial score (nSPS) is 10.6. The Morgan fingerprint density at radius 2 is 1.88 bits per heavy atom. The quantitative estimate of drug-likeness (QED) is 0.409. The zero-order valence-corrected chi connectivity index (χ0v) is 14.4. The molecule has 0 aliphatic carbocycles. The number of hydrogen-bond donors (Lipinski definition) is 1. The maximum atomic E-state index is 12.3. The van der Waals surface area contributed by atoms with Gasteiger partial charge in [0.2, 0.25) is 0 Å². The second-order valence-corrected chi connectivity index (χ2v) is 6.06. The Labute approximate surface area is 146 Å². The molecule has 6 heteroatoms. The monoisotopic (exact) mass is 387 g/mol. The van der Waals surface area contributed by atoms with Gasteiger partial charge in [0.15, 0.2) is 0 Å². The van der Waals surface area contributed by atoms with Crippen LogP contribution in [0.15, 0.2) is 53.1 Å². The maximum absolute atomic E-state index is 12.3. The van der Waals surface area contributed by atoms with Gasteiger partial charge in [-0.3, -0.25) is 4.79 Å². The first-order valence-corrected chi connectivity index (χ1v) is 7.99. The molecule has 0 aliphatic heterocycles. The second-order valence-electron chi connectivity index (χ2n) is 5.15. The summed E-state index contributed by atoms with van der Waals surface area (Å²) in [6.45, 7) is 0.0284. The van der Waals surface area contributed by atoms with Gasteiger partial charge >= 0.3 is 5.97 Å². The van der Waals surface area contributed by atoms with Gasteiger partial charge in [0.1, 0.15) is 12.4 Å². The molecule has 0 saturated heterocycles. The molecule has 3 aromatic rings. The van der Waals surface area contributed by atoms with Crippen molar-refractivity contribution in [3.63, 3.8) is 0 Å². The molecule has 0 spiro atoms. The summed E-state index contributed by atoms with van der Waals surface area (Å²) in [5.41, 5.74) is 1.86. The summed E-state index contributed by atoms with van der Waals surface area (Å²) in [7, 11) is 1.58. The molecule has 0 amide bonds. The van der Waals surface area contributed by atoms with E-state index in [2.05, 4.69) is 20.9 Å². The van der Waals surface area contributed by atoms with Crippen molar-refractivity contribution in [2.24, 2.45) is 0 Å². The lowest BCUT2D eigenvalue weighted by Gasteiger charge is -2.05. The lowest BCUT2D eigenvalue weighted by Crippen LogP contribution is -2.17. The highest BCUT2D eigenvalue weighted by molar-refractivity contribution is 9.10. The van der Waals surface area contributed by atoms with Gasteiger partial charge in [-0.2, -0.15) is 0 Å². The van der Waals surface area contributed by atoms with E-state index >= 15 is 0 Å². The first-order valence-electron chi connectivity index (χ1n) is 7.19. The Bertz CT molecular complexity index is 899. The SMILES string of the molecule is COc1ccc(COC(=O)C(=O)c2c[nH]c3ccc(Br)cc23)cc1. The second kappa shape index (κ2) is 6.88. The number of fused-ring (bicyclic) bond motifs is 1. The summed E-state index contributed by atoms with van der Waals surface area (Å²) in [5.74, 6) is -0.843. The van der Waals surface area contributed by atoms with Crippen LogP contribution in [0, 0.1) is 0 Å². The highest BCUT2D eigenvalue weighted by Gasteiger charge is 2.21. The molecule has 2 aromatic carbocycles. The third-order valence-electron chi connectivity index (χ3n) is 3.60. The molecule has 0 saturated carbocycles. The molecule has 24 heavy (non-hydrogen) atoms. The Morgan fingerprint density at radius 3 is 2.58 bits per heavy atom. The Morgan fingerprint density at radius 1 is 1.12 bits per heavy atom. The number of carbonyl (C=O) groups excluding carboxylic acids is 2. The minimum atomic E-state index is -0.883. The molecule has 1 N–H and O–H groups in total. The molecule has 0 bridgehead atoms. The summed E-state index contributed by atoms with van der Waals surface area (Å²) < 4.78 is 11.0. The van der Waals surface area contributed by atoms with Crippen LogP contribution >= 0.6 is 15.9 Å². The summed E-state index contributed by atoms with van der Waals surface area (Å²) >= 11 is 3.36. The van der Waals surface area contributed by atoms with Gasteiger partial charge in [0, 0.05) is 21.6 Å². The maximum Gasteiger partial charge on any atom is 0.380 e. The van der Waals surface area contributed by atoms with Gasteiger partial charge in [-0.15, -0.1) is 0 Å². The zero-order chi connectivity index (χ0) is 17.1. The van der Waals surface area contributed by atoms with Crippen molar-refractivity contribution in [1.29, 1.82) is 0 Å². The zero-order valence-electron chi connectivity index (χ0n) is 12.8. The summed E-state index contributed by atoms with van der Waals surface area (Å²) in [6.07, 6.45) is 1.52. The van der Waals surface area contributed by atoms with Crippen molar-refractivity contribution < 1.29 is 19.1 Å². The molecule has 0 aliphatic rings. The standard InChI is InChI=1S/C18H14BrNO4/c1-23-13-5-2-11(3-6-13)10-24-18(22)17(21)15-9-20-16-7-4-12(19)8-14(15)16/h2-9,20H,10H2,1H3. The van der Waals surface area contributed by atoms with E-state index in [0.29, 0.717) is 16.7 Å². The molecule has 1 heterocycles. The van der Waals surface area contributed by atoms with Crippen LogP contribution in [-0.2, 0) is 16.1 Å². The van der Waals surface area contributed by atoms with Gasteiger partial charge in [-0.1, -0.05) is 28.1 Å². The molecular formula is C18H14BrNO4. The highest BCUT2D eigenvalue weighted by atomic mass is 79.9. The highest BCUT2D eigenvalue weighted by Crippen LogP contribution is 2.23. The summed E-state index contributed by atoms with van der Waals surface area (Å²) in [4.78, 5) is 27.3. The number of ketones is 1. The first kappa shape index (κ1) is 16.3. The van der Waals surface area contributed by atoms with Crippen LogP contribution < -0.4 is 4.74 Å². The fraction of sp³-hybridized carbons (Fsp3) is 0.111.